The molecule has 0 aliphatic rings. The van der Waals surface area contributed by atoms with E-state index in [2.05, 4.69) is 57.9 Å². The molecule has 4 N–H and O–H groups in total. The summed E-state index contributed by atoms with van der Waals surface area (Å²) < 4.78 is 0.706. The maximum Gasteiger partial charge on any atom is 0.138 e. The van der Waals surface area contributed by atoms with Crippen LogP contribution in [-0.2, 0) is 0 Å². The molecule has 0 unspecified atom stereocenters. The molecule has 4 aromatic rings. The Kier molecular flexibility index (Phi) is 9.01. The Morgan fingerprint density at radius 1 is 0.579 bits per heavy atom. The second-order valence-electron chi connectivity index (χ2n) is 9.37. The van der Waals surface area contributed by atoms with Gasteiger partial charge in [-0.25, -0.2) is 0 Å². The molecule has 0 saturated carbocycles. The molecule has 0 heterocycles. The van der Waals surface area contributed by atoms with Crippen LogP contribution in [0.4, 0.5) is 51.2 Å². The van der Waals surface area contributed by atoms with Crippen molar-refractivity contribution in [3.63, 3.8) is 0 Å². The molecule has 9 nitrogen and oxygen atoms in total. The standard InChI is InChI=1S/C28H30N9.ClH/c1-19-17-22(33-32-21-11-8-12-23(18-21)37(2,3)4)13-15-25(19)34-35-26-16-14-24(29)27(30)28(26)36-31-20-9-6-5-7-10-20;/h5-18H,29-30H2,1-4H3;1H/q+1;/p-1. The van der Waals surface area contributed by atoms with Crippen molar-refractivity contribution < 1.29 is 12.4 Å². The number of hydrogen-bond donors (Lipinski definition) is 2. The SMILES string of the molecule is Cc1cc(N=Nc2cccc([N+](C)(C)C)c2)ccc1N=Nc1ccc(N)c(N)c1N=Nc1ccccc1.[Cl-]. The lowest BCUT2D eigenvalue weighted by atomic mass is 10.2. The zero-order valence-electron chi connectivity index (χ0n) is 21.7. The molecule has 4 aromatic carbocycles. The van der Waals surface area contributed by atoms with Gasteiger partial charge in [0.05, 0.1) is 55.3 Å². The smallest absolute Gasteiger partial charge is 0.138 e. The summed E-state index contributed by atoms with van der Waals surface area (Å²) >= 11 is 0. The number of halogens is 1. The second kappa shape index (κ2) is 12.2. The van der Waals surface area contributed by atoms with E-state index in [1.54, 1.807) is 12.1 Å². The molecule has 4 rings (SSSR count). The third-order valence-electron chi connectivity index (χ3n) is 5.58. The van der Waals surface area contributed by atoms with Crippen LogP contribution in [0.1, 0.15) is 5.56 Å². The zero-order valence-corrected chi connectivity index (χ0v) is 22.5. The monoisotopic (exact) mass is 527 g/mol. The summed E-state index contributed by atoms with van der Waals surface area (Å²) in [6.07, 6.45) is 0. The van der Waals surface area contributed by atoms with Crippen LogP contribution in [-0.4, -0.2) is 21.1 Å². The highest BCUT2D eigenvalue weighted by molar-refractivity contribution is 5.85. The van der Waals surface area contributed by atoms with Gasteiger partial charge in [0.1, 0.15) is 17.1 Å². The lowest BCUT2D eigenvalue weighted by Crippen LogP contribution is -3.00. The van der Waals surface area contributed by atoms with Crippen LogP contribution in [0.3, 0.4) is 0 Å². The molecular formula is C28H30ClN9. The van der Waals surface area contributed by atoms with Gasteiger partial charge in [0.15, 0.2) is 0 Å². The van der Waals surface area contributed by atoms with E-state index in [4.69, 9.17) is 11.5 Å². The molecule has 0 aromatic heterocycles. The van der Waals surface area contributed by atoms with E-state index in [1.807, 2.05) is 73.7 Å². The summed E-state index contributed by atoms with van der Waals surface area (Å²) in [5.41, 5.74) is 18.6. The van der Waals surface area contributed by atoms with E-state index >= 15 is 0 Å². The molecule has 0 amide bonds. The average Bonchev–Trinajstić information content (AvgIpc) is 2.88. The first-order chi connectivity index (χ1) is 17.7. The van der Waals surface area contributed by atoms with Crippen molar-refractivity contribution in [2.24, 2.45) is 30.7 Å². The average molecular weight is 528 g/mol. The van der Waals surface area contributed by atoms with Crippen molar-refractivity contribution in [2.75, 3.05) is 32.6 Å². The maximum atomic E-state index is 6.18. The number of hydrogen-bond acceptors (Lipinski definition) is 8. The molecule has 0 saturated heterocycles. The summed E-state index contributed by atoms with van der Waals surface area (Å²) in [5, 5.41) is 26.1. The largest absolute Gasteiger partial charge is 1.00 e. The van der Waals surface area contributed by atoms with Gasteiger partial charge in [0, 0.05) is 6.07 Å². The third kappa shape index (κ3) is 7.06. The first kappa shape index (κ1) is 28.1. The summed E-state index contributed by atoms with van der Waals surface area (Å²) in [5.74, 6) is 0. The summed E-state index contributed by atoms with van der Waals surface area (Å²) in [4.78, 5) is 0. The van der Waals surface area contributed by atoms with Gasteiger partial charge >= 0.3 is 0 Å². The van der Waals surface area contributed by atoms with Gasteiger partial charge in [-0.3, -0.25) is 4.48 Å². The van der Waals surface area contributed by atoms with Gasteiger partial charge in [-0.15, -0.1) is 10.2 Å². The van der Waals surface area contributed by atoms with Crippen LogP contribution in [0.5, 0.6) is 0 Å². The number of rotatable bonds is 7. The Balaban J connectivity index is 0.00000400. The molecule has 10 heteroatoms. The molecule has 0 fully saturated rings. The molecule has 0 aliphatic carbocycles. The van der Waals surface area contributed by atoms with Crippen molar-refractivity contribution in [3.8, 4) is 0 Å². The van der Waals surface area contributed by atoms with Gasteiger partial charge < -0.3 is 23.9 Å². The van der Waals surface area contributed by atoms with E-state index in [9.17, 15) is 0 Å². The van der Waals surface area contributed by atoms with Crippen molar-refractivity contribution in [1.29, 1.82) is 0 Å². The highest BCUT2D eigenvalue weighted by Gasteiger charge is 2.12. The van der Waals surface area contributed by atoms with E-state index < -0.39 is 0 Å². The Hall–Kier alpha value is -4.47. The molecule has 0 atom stereocenters. The topological polar surface area (TPSA) is 126 Å². The number of aryl methyl sites for hydroxylation is 1. The lowest BCUT2D eigenvalue weighted by molar-refractivity contribution is -0.00000796. The third-order valence-corrected chi connectivity index (χ3v) is 5.58. The van der Waals surface area contributed by atoms with Crippen molar-refractivity contribution in [1.82, 2.24) is 4.48 Å². The molecule has 194 valence electrons. The quantitative estimate of drug-likeness (QED) is 0.184. The molecule has 0 bridgehead atoms. The van der Waals surface area contributed by atoms with Gasteiger partial charge in [-0.1, -0.05) is 24.3 Å². The highest BCUT2D eigenvalue weighted by atomic mass is 35.5. The Morgan fingerprint density at radius 3 is 1.87 bits per heavy atom. The minimum Gasteiger partial charge on any atom is -1.00 e. The second-order valence-corrected chi connectivity index (χ2v) is 9.37. The van der Waals surface area contributed by atoms with E-state index in [0.29, 0.717) is 38.6 Å². The van der Waals surface area contributed by atoms with Crippen LogP contribution in [0.25, 0.3) is 0 Å². The van der Waals surface area contributed by atoms with Crippen LogP contribution in [0, 0.1) is 6.92 Å². The predicted molar refractivity (Wildman–Crippen MR) is 151 cm³/mol. The van der Waals surface area contributed by atoms with Crippen molar-refractivity contribution in [3.05, 3.63) is 90.5 Å². The Bertz CT molecular complexity index is 1490. The summed E-state index contributed by atoms with van der Waals surface area (Å²) in [7, 11) is 6.34. The lowest BCUT2D eigenvalue weighted by Gasteiger charge is -2.23. The summed E-state index contributed by atoms with van der Waals surface area (Å²) in [6.45, 7) is 1.94. The van der Waals surface area contributed by atoms with Crippen LogP contribution < -0.4 is 28.4 Å². The number of benzene rings is 4. The predicted octanol–water partition coefficient (Wildman–Crippen LogP) is 5.61. The molecule has 0 spiro atoms. The van der Waals surface area contributed by atoms with Gasteiger partial charge in [-0.2, -0.15) is 20.5 Å². The fourth-order valence-corrected chi connectivity index (χ4v) is 3.41. The number of nitrogens with zero attached hydrogens (tertiary/aromatic N) is 7. The number of nitrogen functional groups attached to an aromatic ring is 2. The van der Waals surface area contributed by atoms with Crippen molar-refractivity contribution in [2.45, 2.75) is 6.92 Å². The van der Waals surface area contributed by atoms with E-state index in [-0.39, 0.29) is 12.4 Å². The maximum absolute atomic E-state index is 6.18. The molecule has 38 heavy (non-hydrogen) atoms. The van der Waals surface area contributed by atoms with Crippen LogP contribution in [0.15, 0.2) is 116 Å². The normalized spacial score (nSPS) is 11.9. The Morgan fingerprint density at radius 2 is 1.18 bits per heavy atom. The molecule has 0 aliphatic heterocycles. The first-order valence-corrected chi connectivity index (χ1v) is 11.7. The number of azo groups is 3. The van der Waals surface area contributed by atoms with E-state index in [1.165, 1.54) is 0 Å². The molecule has 0 radical (unpaired) electrons. The minimum absolute atomic E-state index is 0. The van der Waals surface area contributed by atoms with Crippen LogP contribution >= 0.6 is 0 Å². The highest BCUT2D eigenvalue weighted by Crippen LogP contribution is 2.40. The number of quaternary nitrogens is 1. The van der Waals surface area contributed by atoms with Gasteiger partial charge in [0.25, 0.3) is 0 Å². The van der Waals surface area contributed by atoms with Crippen LogP contribution in [0.2, 0.25) is 0 Å². The van der Waals surface area contributed by atoms with Gasteiger partial charge in [-0.05, 0) is 67.1 Å². The molecular weight excluding hydrogens is 498 g/mol. The number of nitrogens with two attached hydrogens (primary N) is 2. The number of anilines is 2. The first-order valence-electron chi connectivity index (χ1n) is 11.7. The zero-order chi connectivity index (χ0) is 26.4. The van der Waals surface area contributed by atoms with Gasteiger partial charge in [0.2, 0.25) is 0 Å². The fraction of sp³-hybridized carbons (Fsp3) is 0.143. The van der Waals surface area contributed by atoms with Crippen molar-refractivity contribution >= 4 is 51.2 Å². The summed E-state index contributed by atoms with van der Waals surface area (Å²) in [6, 6.07) is 26.4. The van der Waals surface area contributed by atoms with E-state index in [0.717, 1.165) is 22.6 Å². The minimum atomic E-state index is 0. The Labute approximate surface area is 228 Å². The fourth-order valence-electron chi connectivity index (χ4n) is 3.41.